The molecule has 5 rings (SSSR count). The normalized spacial score (nSPS) is 15.1. The molecule has 3 aromatic carbocycles. The van der Waals surface area contributed by atoms with Crippen molar-refractivity contribution in [3.63, 3.8) is 0 Å². The molecule has 0 bridgehead atoms. The van der Waals surface area contributed by atoms with Gasteiger partial charge in [0.1, 0.15) is 0 Å². The SMILES string of the molecule is CN(C)Cc1ccc(N/C(C2=CCCC=C2)=C2\CNc3cc(C#CC(=O)Nc4ccccc4)ccc32)cc1. The fourth-order valence-corrected chi connectivity index (χ4v) is 4.67. The Balaban J connectivity index is 1.40. The van der Waals surface area contributed by atoms with E-state index in [1.165, 1.54) is 16.7 Å². The van der Waals surface area contributed by atoms with Crippen LogP contribution in [0.15, 0.2) is 102 Å². The number of hydrogen-bond donors (Lipinski definition) is 3. The summed E-state index contributed by atoms with van der Waals surface area (Å²) in [4.78, 5) is 14.4. The summed E-state index contributed by atoms with van der Waals surface area (Å²) in [6.45, 7) is 1.63. The molecule has 0 saturated carbocycles. The van der Waals surface area contributed by atoms with Crippen LogP contribution in [0.25, 0.3) is 5.57 Å². The molecule has 0 spiro atoms. The fraction of sp³-hybridized carbons (Fsp3) is 0.182. The number of para-hydroxylation sites is 1. The highest BCUT2D eigenvalue weighted by molar-refractivity contribution is 6.04. The topological polar surface area (TPSA) is 56.4 Å². The first-order chi connectivity index (χ1) is 18.5. The van der Waals surface area contributed by atoms with Crippen LogP contribution in [0.2, 0.25) is 0 Å². The van der Waals surface area contributed by atoms with E-state index in [4.69, 9.17) is 0 Å². The van der Waals surface area contributed by atoms with Gasteiger partial charge in [-0.3, -0.25) is 4.79 Å². The van der Waals surface area contributed by atoms with E-state index >= 15 is 0 Å². The van der Waals surface area contributed by atoms with Gasteiger partial charge in [0.2, 0.25) is 0 Å². The highest BCUT2D eigenvalue weighted by Crippen LogP contribution is 2.37. The summed E-state index contributed by atoms with van der Waals surface area (Å²) >= 11 is 0. The molecule has 3 N–H and O–H groups in total. The Bertz CT molecular complexity index is 1470. The summed E-state index contributed by atoms with van der Waals surface area (Å²) in [7, 11) is 4.16. The number of anilines is 3. The Hall–Kier alpha value is -4.53. The number of carbonyl (C=O) groups is 1. The molecule has 190 valence electrons. The smallest absolute Gasteiger partial charge is 0.300 e. The number of nitrogens with one attached hydrogen (secondary N) is 3. The predicted molar refractivity (Wildman–Crippen MR) is 158 cm³/mol. The minimum atomic E-state index is -0.329. The summed E-state index contributed by atoms with van der Waals surface area (Å²) in [5, 5.41) is 10.0. The Kier molecular flexibility index (Phi) is 7.73. The zero-order valence-corrected chi connectivity index (χ0v) is 21.8. The van der Waals surface area contributed by atoms with Crippen molar-refractivity contribution in [1.82, 2.24) is 4.90 Å². The number of allylic oxidation sites excluding steroid dienone is 3. The molecule has 1 amide bonds. The van der Waals surface area contributed by atoms with E-state index in [0.29, 0.717) is 6.54 Å². The molecule has 5 nitrogen and oxygen atoms in total. The molecule has 38 heavy (non-hydrogen) atoms. The van der Waals surface area contributed by atoms with Crippen LogP contribution in [0.3, 0.4) is 0 Å². The summed E-state index contributed by atoms with van der Waals surface area (Å²) in [6, 6.07) is 24.1. The lowest BCUT2D eigenvalue weighted by molar-refractivity contribution is -0.111. The maximum Gasteiger partial charge on any atom is 0.300 e. The Labute approximate surface area is 225 Å². The van der Waals surface area contributed by atoms with Gasteiger partial charge in [0.25, 0.3) is 0 Å². The molecule has 5 heteroatoms. The van der Waals surface area contributed by atoms with Gasteiger partial charge < -0.3 is 20.9 Å². The van der Waals surface area contributed by atoms with Crippen molar-refractivity contribution in [3.05, 3.63) is 119 Å². The number of amides is 1. The van der Waals surface area contributed by atoms with Crippen molar-refractivity contribution in [2.45, 2.75) is 19.4 Å². The average Bonchev–Trinajstić information content (AvgIpc) is 3.35. The van der Waals surface area contributed by atoms with Crippen LogP contribution in [0.1, 0.15) is 29.5 Å². The first kappa shape index (κ1) is 25.1. The first-order valence-electron chi connectivity index (χ1n) is 12.9. The molecule has 0 saturated heterocycles. The van der Waals surface area contributed by atoms with Crippen molar-refractivity contribution in [2.75, 3.05) is 36.6 Å². The zero-order chi connectivity index (χ0) is 26.3. The largest absolute Gasteiger partial charge is 0.380 e. The van der Waals surface area contributed by atoms with Crippen LogP contribution in [-0.4, -0.2) is 31.4 Å². The number of rotatable bonds is 6. The van der Waals surface area contributed by atoms with Crippen LogP contribution >= 0.6 is 0 Å². The second-order valence-corrected chi connectivity index (χ2v) is 9.74. The number of benzene rings is 3. The van der Waals surface area contributed by atoms with E-state index in [2.05, 4.69) is 95.3 Å². The number of fused-ring (bicyclic) bond motifs is 1. The lowest BCUT2D eigenvalue weighted by Gasteiger charge is -2.18. The number of carbonyl (C=O) groups excluding carboxylic acids is 1. The second kappa shape index (κ2) is 11.7. The third-order valence-corrected chi connectivity index (χ3v) is 6.46. The molecule has 2 aliphatic rings. The molecule has 1 heterocycles. The van der Waals surface area contributed by atoms with Crippen LogP contribution in [-0.2, 0) is 11.3 Å². The standard InChI is InChI=1S/C33H32N4O/c1-37(2)23-25-13-17-28(18-14-25)36-33(26-9-5-3-6-10-26)30-22-34-31-21-24(15-19-29(30)31)16-20-32(38)35-27-11-7-4-8-12-27/h4-5,7-15,17-19,21,34,36H,3,6,22-23H2,1-2H3,(H,35,38)/b33-30+. The summed E-state index contributed by atoms with van der Waals surface area (Å²) in [5.74, 6) is 5.37. The molecule has 0 aromatic heterocycles. The van der Waals surface area contributed by atoms with E-state index in [-0.39, 0.29) is 5.91 Å². The highest BCUT2D eigenvalue weighted by atomic mass is 16.1. The van der Waals surface area contributed by atoms with Gasteiger partial charge in [-0.2, -0.15) is 0 Å². The van der Waals surface area contributed by atoms with E-state index in [1.54, 1.807) is 0 Å². The summed E-state index contributed by atoms with van der Waals surface area (Å²) in [6.07, 6.45) is 8.85. The molecular formula is C33H32N4O. The van der Waals surface area contributed by atoms with Gasteiger partial charge in [-0.25, -0.2) is 0 Å². The van der Waals surface area contributed by atoms with Crippen LogP contribution in [0.5, 0.6) is 0 Å². The predicted octanol–water partition coefficient (Wildman–Crippen LogP) is 6.26. The third kappa shape index (κ3) is 6.23. The highest BCUT2D eigenvalue weighted by Gasteiger charge is 2.22. The van der Waals surface area contributed by atoms with E-state index in [0.717, 1.165) is 53.3 Å². The van der Waals surface area contributed by atoms with Crippen LogP contribution in [0, 0.1) is 11.8 Å². The van der Waals surface area contributed by atoms with E-state index < -0.39 is 0 Å². The van der Waals surface area contributed by atoms with Crippen molar-refractivity contribution in [3.8, 4) is 11.8 Å². The average molecular weight is 501 g/mol. The van der Waals surface area contributed by atoms with Crippen molar-refractivity contribution < 1.29 is 4.79 Å². The minimum Gasteiger partial charge on any atom is -0.380 e. The quantitative estimate of drug-likeness (QED) is 0.350. The fourth-order valence-electron chi connectivity index (χ4n) is 4.67. The van der Waals surface area contributed by atoms with Gasteiger partial charge in [-0.05, 0) is 74.5 Å². The number of hydrogen-bond acceptors (Lipinski definition) is 4. The van der Waals surface area contributed by atoms with Crippen molar-refractivity contribution >= 4 is 28.5 Å². The van der Waals surface area contributed by atoms with Gasteiger partial charge in [0.15, 0.2) is 0 Å². The van der Waals surface area contributed by atoms with Gasteiger partial charge in [-0.1, -0.05) is 60.5 Å². The maximum absolute atomic E-state index is 12.3. The Morgan fingerprint density at radius 2 is 1.74 bits per heavy atom. The number of nitrogens with zero attached hydrogens (tertiary/aromatic N) is 1. The van der Waals surface area contributed by atoms with Crippen molar-refractivity contribution in [1.29, 1.82) is 0 Å². The molecule has 0 radical (unpaired) electrons. The molecule has 0 unspecified atom stereocenters. The lowest BCUT2D eigenvalue weighted by atomic mass is 9.96. The summed E-state index contributed by atoms with van der Waals surface area (Å²) < 4.78 is 0. The molecule has 1 aliphatic carbocycles. The molecule has 3 aromatic rings. The van der Waals surface area contributed by atoms with E-state index in [9.17, 15) is 4.79 Å². The molecular weight excluding hydrogens is 468 g/mol. The van der Waals surface area contributed by atoms with Gasteiger partial charge in [-0.15, -0.1) is 0 Å². The maximum atomic E-state index is 12.3. The summed E-state index contributed by atoms with van der Waals surface area (Å²) in [5.41, 5.74) is 9.59. The Morgan fingerprint density at radius 3 is 2.47 bits per heavy atom. The van der Waals surface area contributed by atoms with Gasteiger partial charge in [0, 0.05) is 52.8 Å². The molecule has 0 fully saturated rings. The van der Waals surface area contributed by atoms with Crippen LogP contribution in [0.4, 0.5) is 17.1 Å². The zero-order valence-electron chi connectivity index (χ0n) is 21.8. The molecule has 1 aliphatic heterocycles. The Morgan fingerprint density at radius 1 is 0.947 bits per heavy atom. The van der Waals surface area contributed by atoms with Crippen molar-refractivity contribution in [2.24, 2.45) is 0 Å². The second-order valence-electron chi connectivity index (χ2n) is 9.74. The lowest BCUT2D eigenvalue weighted by Crippen LogP contribution is -2.11. The van der Waals surface area contributed by atoms with Gasteiger partial charge in [0.05, 0.1) is 5.70 Å². The third-order valence-electron chi connectivity index (χ3n) is 6.46. The van der Waals surface area contributed by atoms with Crippen LogP contribution < -0.4 is 16.0 Å². The minimum absolute atomic E-state index is 0.329. The van der Waals surface area contributed by atoms with Gasteiger partial charge >= 0.3 is 5.91 Å². The first-order valence-corrected chi connectivity index (χ1v) is 12.9. The van der Waals surface area contributed by atoms with E-state index in [1.807, 2.05) is 42.5 Å². The monoisotopic (exact) mass is 500 g/mol. The molecule has 0 atom stereocenters.